The maximum Gasteiger partial charge on any atom is 0.236 e. The van der Waals surface area contributed by atoms with E-state index in [1.807, 2.05) is 17.9 Å². The summed E-state index contributed by atoms with van der Waals surface area (Å²) in [5, 5.41) is 12.1. The number of halogens is 1. The van der Waals surface area contributed by atoms with Gasteiger partial charge in [0.1, 0.15) is 11.3 Å². The molecule has 27 heavy (non-hydrogen) atoms. The molecule has 0 radical (unpaired) electrons. The van der Waals surface area contributed by atoms with Crippen LogP contribution < -0.4 is 9.80 Å². The average Bonchev–Trinajstić information content (AvgIpc) is 3.24. The van der Waals surface area contributed by atoms with E-state index in [9.17, 15) is 9.18 Å². The molecule has 3 heterocycles. The molecule has 0 saturated carbocycles. The fraction of sp³-hybridized carbons (Fsp3) is 0.579. The van der Waals surface area contributed by atoms with Crippen molar-refractivity contribution in [3.05, 3.63) is 24.0 Å². The quantitative estimate of drug-likeness (QED) is 0.585. The summed E-state index contributed by atoms with van der Waals surface area (Å²) in [6.45, 7) is 7.72. The minimum absolute atomic E-state index is 0.105. The summed E-state index contributed by atoms with van der Waals surface area (Å²) < 4.78 is 14.4. The van der Waals surface area contributed by atoms with Gasteiger partial charge in [-0.3, -0.25) is 9.28 Å². The first kappa shape index (κ1) is 18.7. The molecule has 2 aliphatic rings. The normalized spacial score (nSPS) is 22.7. The molecule has 2 fully saturated rings. The number of fused-ring (bicyclic) bond motifs is 1. The summed E-state index contributed by atoms with van der Waals surface area (Å²) in [5.74, 6) is 1.93. The Morgan fingerprint density at radius 1 is 1.33 bits per heavy atom. The van der Waals surface area contributed by atoms with E-state index in [-0.39, 0.29) is 17.0 Å². The highest BCUT2D eigenvalue weighted by Crippen LogP contribution is 2.31. The van der Waals surface area contributed by atoms with Crippen molar-refractivity contribution in [2.75, 3.05) is 45.1 Å². The summed E-state index contributed by atoms with van der Waals surface area (Å²) in [6, 6.07) is 4.84. The molecule has 1 amide bonds. The molecule has 1 aromatic heterocycles. The van der Waals surface area contributed by atoms with Crippen LogP contribution in [0.1, 0.15) is 19.8 Å². The maximum atomic E-state index is 13.5. The molecule has 6 nitrogen and oxygen atoms in total. The van der Waals surface area contributed by atoms with Crippen molar-refractivity contribution in [2.45, 2.75) is 25.0 Å². The van der Waals surface area contributed by atoms with Gasteiger partial charge in [0.25, 0.3) is 0 Å². The Kier molecular flexibility index (Phi) is 5.39. The first-order valence-corrected chi connectivity index (χ1v) is 10.8. The number of piperazine rings is 1. The molecular weight excluding hydrogens is 365 g/mol. The topological polar surface area (TPSA) is 61.0 Å². The average molecular weight is 393 g/mol. The van der Waals surface area contributed by atoms with E-state index in [2.05, 4.69) is 15.5 Å². The Morgan fingerprint density at radius 3 is 2.89 bits per heavy atom. The Labute approximate surface area is 163 Å². The van der Waals surface area contributed by atoms with Crippen molar-refractivity contribution in [1.82, 2.24) is 24.9 Å². The van der Waals surface area contributed by atoms with Gasteiger partial charge in [-0.05, 0) is 31.9 Å². The van der Waals surface area contributed by atoms with Gasteiger partial charge in [-0.2, -0.15) is 5.10 Å². The standard InChI is InChI=1S/C19H27FN5OS/c1-14-19(26)24(13-27-14)8-2-3-9-25(10-6-21-7-11-25)18-16-5-4-15(20)12-17(16)22-23-18/h4-5,12,14,21H,2-3,6-11,13H2,1H3,(H,22,23)/q+1. The van der Waals surface area contributed by atoms with Gasteiger partial charge in [-0.1, -0.05) is 0 Å². The smallest absolute Gasteiger partial charge is 0.236 e. The molecule has 2 N–H and O–H groups in total. The molecule has 0 bridgehead atoms. The molecular formula is C19H27FN5OS+. The Balaban J connectivity index is 1.46. The number of rotatable bonds is 6. The highest BCUT2D eigenvalue weighted by atomic mass is 32.2. The van der Waals surface area contributed by atoms with Crippen molar-refractivity contribution < 1.29 is 9.18 Å². The van der Waals surface area contributed by atoms with Crippen LogP contribution in [0.5, 0.6) is 0 Å². The van der Waals surface area contributed by atoms with E-state index < -0.39 is 0 Å². The van der Waals surface area contributed by atoms with Gasteiger partial charge in [0.15, 0.2) is 0 Å². The van der Waals surface area contributed by atoms with E-state index in [0.717, 1.165) is 73.7 Å². The van der Waals surface area contributed by atoms with E-state index in [4.69, 9.17) is 0 Å². The fourth-order valence-electron chi connectivity index (χ4n) is 4.20. The predicted octanol–water partition coefficient (Wildman–Crippen LogP) is 2.31. The first-order chi connectivity index (χ1) is 13.1. The van der Waals surface area contributed by atoms with Crippen molar-refractivity contribution >= 4 is 34.4 Å². The molecule has 8 heteroatoms. The Morgan fingerprint density at radius 2 is 2.15 bits per heavy atom. The molecule has 4 rings (SSSR count). The van der Waals surface area contributed by atoms with Crippen LogP contribution in [0.4, 0.5) is 10.2 Å². The van der Waals surface area contributed by atoms with Crippen molar-refractivity contribution in [3.8, 4) is 0 Å². The predicted molar refractivity (Wildman–Crippen MR) is 108 cm³/mol. The second kappa shape index (κ2) is 7.77. The van der Waals surface area contributed by atoms with E-state index in [1.165, 1.54) is 12.1 Å². The second-order valence-electron chi connectivity index (χ2n) is 7.55. The number of quaternary nitrogens is 1. The molecule has 146 valence electrons. The fourth-order valence-corrected chi connectivity index (χ4v) is 5.15. The van der Waals surface area contributed by atoms with E-state index in [1.54, 1.807) is 11.8 Å². The van der Waals surface area contributed by atoms with Gasteiger partial charge in [0, 0.05) is 25.7 Å². The molecule has 1 aromatic carbocycles. The SMILES string of the molecule is CC1SCN(CCCC[N+]2(c3[nH]nc4cc(F)ccc34)CCNCC2)C1=O. The number of carbonyl (C=O) groups excluding carboxylic acids is 1. The number of amides is 1. The van der Waals surface area contributed by atoms with E-state index >= 15 is 0 Å². The number of nitrogens with zero attached hydrogens (tertiary/aromatic N) is 3. The van der Waals surface area contributed by atoms with Gasteiger partial charge in [0.2, 0.25) is 11.7 Å². The third-order valence-electron chi connectivity index (χ3n) is 5.81. The molecule has 0 spiro atoms. The maximum absolute atomic E-state index is 13.5. The van der Waals surface area contributed by atoms with Gasteiger partial charge in [-0.25, -0.2) is 9.49 Å². The zero-order valence-electron chi connectivity index (χ0n) is 15.7. The van der Waals surface area contributed by atoms with Crippen LogP contribution >= 0.6 is 11.8 Å². The number of nitrogens with one attached hydrogen (secondary N) is 2. The van der Waals surface area contributed by atoms with E-state index in [0.29, 0.717) is 5.52 Å². The number of benzene rings is 1. The minimum Gasteiger partial charge on any atom is -0.332 e. The number of aromatic nitrogens is 2. The van der Waals surface area contributed by atoms with Crippen LogP contribution in [0.3, 0.4) is 0 Å². The van der Waals surface area contributed by atoms with Crippen molar-refractivity contribution in [3.63, 3.8) is 0 Å². The number of thioether (sulfide) groups is 1. The monoisotopic (exact) mass is 392 g/mol. The lowest BCUT2D eigenvalue weighted by Gasteiger charge is -2.40. The first-order valence-electron chi connectivity index (χ1n) is 9.70. The summed E-state index contributed by atoms with van der Waals surface area (Å²) in [6.07, 6.45) is 2.05. The van der Waals surface area contributed by atoms with Crippen LogP contribution in [0.15, 0.2) is 18.2 Å². The molecule has 2 aliphatic heterocycles. The molecule has 1 unspecified atom stereocenters. The third kappa shape index (κ3) is 3.70. The number of hydrogen-bond donors (Lipinski definition) is 2. The van der Waals surface area contributed by atoms with Crippen LogP contribution in [0.2, 0.25) is 0 Å². The highest BCUT2D eigenvalue weighted by molar-refractivity contribution is 8.01. The molecule has 1 atom stereocenters. The third-order valence-corrected chi connectivity index (χ3v) is 6.97. The highest BCUT2D eigenvalue weighted by Gasteiger charge is 2.36. The lowest BCUT2D eigenvalue weighted by Crippen LogP contribution is -2.60. The van der Waals surface area contributed by atoms with Crippen LogP contribution in [0.25, 0.3) is 10.9 Å². The zero-order chi connectivity index (χ0) is 18.9. The lowest BCUT2D eigenvalue weighted by atomic mass is 10.1. The van der Waals surface area contributed by atoms with Gasteiger partial charge < -0.3 is 10.2 Å². The molecule has 0 aliphatic carbocycles. The minimum atomic E-state index is -0.255. The number of hydrogen-bond acceptors (Lipinski definition) is 4. The zero-order valence-corrected chi connectivity index (χ0v) is 16.5. The summed E-state index contributed by atoms with van der Waals surface area (Å²) in [7, 11) is 0. The van der Waals surface area contributed by atoms with Crippen LogP contribution in [0, 0.1) is 5.82 Å². The number of H-pyrrole nitrogens is 1. The number of carbonyl (C=O) groups is 1. The van der Waals surface area contributed by atoms with Gasteiger partial charge >= 0.3 is 0 Å². The van der Waals surface area contributed by atoms with Crippen molar-refractivity contribution in [1.29, 1.82) is 0 Å². The van der Waals surface area contributed by atoms with Crippen LogP contribution in [-0.4, -0.2) is 71.4 Å². The Hall–Kier alpha value is -1.64. The largest absolute Gasteiger partial charge is 0.332 e. The summed E-state index contributed by atoms with van der Waals surface area (Å²) in [5.41, 5.74) is 0.690. The summed E-state index contributed by atoms with van der Waals surface area (Å²) in [4.78, 5) is 14.1. The van der Waals surface area contributed by atoms with Gasteiger partial charge in [-0.15, -0.1) is 11.8 Å². The number of aromatic amines is 1. The van der Waals surface area contributed by atoms with Crippen LogP contribution in [-0.2, 0) is 4.79 Å². The van der Waals surface area contributed by atoms with Gasteiger partial charge in [0.05, 0.1) is 36.1 Å². The number of unbranched alkanes of at least 4 members (excludes halogenated alkanes) is 1. The second-order valence-corrected chi connectivity index (χ2v) is 8.85. The molecule has 2 aromatic rings. The Bertz CT molecular complexity index is 820. The van der Waals surface area contributed by atoms with Crippen molar-refractivity contribution in [2.24, 2.45) is 0 Å². The lowest BCUT2D eigenvalue weighted by molar-refractivity contribution is -0.128. The molecule has 2 saturated heterocycles. The summed E-state index contributed by atoms with van der Waals surface area (Å²) >= 11 is 1.72.